The molecular formula is C18H26N4. The van der Waals surface area contributed by atoms with Gasteiger partial charge in [-0.05, 0) is 63.1 Å². The van der Waals surface area contributed by atoms with Crippen LogP contribution in [-0.2, 0) is 12.8 Å². The van der Waals surface area contributed by atoms with Crippen LogP contribution in [0.5, 0.6) is 0 Å². The second-order valence-electron chi connectivity index (χ2n) is 6.58. The van der Waals surface area contributed by atoms with E-state index in [4.69, 9.17) is 0 Å². The van der Waals surface area contributed by atoms with Gasteiger partial charge in [0.1, 0.15) is 6.67 Å². The molecular weight excluding hydrogens is 272 g/mol. The molecule has 0 spiro atoms. The van der Waals surface area contributed by atoms with Crippen molar-refractivity contribution < 1.29 is 0 Å². The average molecular weight is 298 g/mol. The van der Waals surface area contributed by atoms with Gasteiger partial charge < -0.3 is 10.2 Å². The van der Waals surface area contributed by atoms with Crippen molar-refractivity contribution in [1.82, 2.24) is 10.2 Å². The van der Waals surface area contributed by atoms with Crippen LogP contribution in [0.25, 0.3) is 0 Å². The predicted molar refractivity (Wildman–Crippen MR) is 92.4 cm³/mol. The first kappa shape index (κ1) is 15.1. The second kappa shape index (κ2) is 6.51. The van der Waals surface area contributed by atoms with Crippen molar-refractivity contribution in [3.05, 3.63) is 34.9 Å². The number of nitrogens with zero attached hydrogens (tertiary/aromatic N) is 3. The van der Waals surface area contributed by atoms with Gasteiger partial charge in [-0.2, -0.15) is 0 Å². The largest absolute Gasteiger partial charge is 0.348 e. The molecule has 0 aromatic heterocycles. The van der Waals surface area contributed by atoms with Crippen LogP contribution in [0.4, 0.5) is 0 Å². The molecule has 0 bridgehead atoms. The predicted octanol–water partition coefficient (Wildman–Crippen LogP) is 3.28. The molecule has 0 radical (unpaired) electrons. The lowest BCUT2D eigenvalue weighted by Gasteiger charge is -2.26. The van der Waals surface area contributed by atoms with Gasteiger partial charge in [0, 0.05) is 6.04 Å². The lowest BCUT2D eigenvalue weighted by Crippen LogP contribution is -2.36. The minimum absolute atomic E-state index is 0.230. The van der Waals surface area contributed by atoms with Gasteiger partial charge in [-0.15, -0.1) is 0 Å². The van der Waals surface area contributed by atoms with E-state index in [1.54, 1.807) is 0 Å². The van der Waals surface area contributed by atoms with Gasteiger partial charge in [0.15, 0.2) is 0 Å². The fraction of sp³-hybridized carbons (Fsp3) is 0.556. The normalized spacial score (nSPS) is 18.9. The molecule has 0 saturated heterocycles. The third-order valence-corrected chi connectivity index (χ3v) is 4.59. The molecule has 1 N–H and O–H groups in total. The summed E-state index contributed by atoms with van der Waals surface area (Å²) in [6.07, 6.45) is 7.00. The zero-order valence-electron chi connectivity index (χ0n) is 13.8. The van der Waals surface area contributed by atoms with Crippen molar-refractivity contribution in [3.63, 3.8) is 0 Å². The van der Waals surface area contributed by atoms with Crippen molar-refractivity contribution in [2.24, 2.45) is 9.98 Å². The SMILES string of the molecule is CC(C)N1C=NC(N[C@@H](C)c2ccc3c(c2)CCCC3)=NC1. The first-order valence-electron chi connectivity index (χ1n) is 8.36. The Balaban J connectivity index is 1.65. The first-order chi connectivity index (χ1) is 10.6. The molecule has 22 heavy (non-hydrogen) atoms. The molecule has 0 saturated carbocycles. The molecule has 1 heterocycles. The summed E-state index contributed by atoms with van der Waals surface area (Å²) in [7, 11) is 0. The van der Waals surface area contributed by atoms with Crippen LogP contribution in [0.1, 0.15) is 56.3 Å². The number of aryl methyl sites for hydroxylation is 2. The summed E-state index contributed by atoms with van der Waals surface area (Å²) in [4.78, 5) is 11.1. The topological polar surface area (TPSA) is 40.0 Å². The number of rotatable bonds is 3. The van der Waals surface area contributed by atoms with E-state index >= 15 is 0 Å². The van der Waals surface area contributed by atoms with Gasteiger partial charge in [-0.3, -0.25) is 0 Å². The molecule has 0 fully saturated rings. The molecule has 0 unspecified atom stereocenters. The number of benzene rings is 1. The molecule has 2 aliphatic rings. The quantitative estimate of drug-likeness (QED) is 0.930. The molecule has 3 rings (SSSR count). The van der Waals surface area contributed by atoms with Crippen molar-refractivity contribution in [2.75, 3.05) is 6.67 Å². The second-order valence-corrected chi connectivity index (χ2v) is 6.58. The van der Waals surface area contributed by atoms with Gasteiger partial charge in [-0.1, -0.05) is 18.2 Å². The molecule has 1 aliphatic carbocycles. The van der Waals surface area contributed by atoms with E-state index in [9.17, 15) is 0 Å². The van der Waals surface area contributed by atoms with Crippen molar-refractivity contribution >= 4 is 12.3 Å². The first-order valence-corrected chi connectivity index (χ1v) is 8.36. The van der Waals surface area contributed by atoms with Gasteiger partial charge >= 0.3 is 0 Å². The zero-order chi connectivity index (χ0) is 15.5. The number of guanidine groups is 1. The Morgan fingerprint density at radius 1 is 1.09 bits per heavy atom. The number of nitrogens with one attached hydrogen (secondary N) is 1. The smallest absolute Gasteiger partial charge is 0.221 e. The summed E-state index contributed by atoms with van der Waals surface area (Å²) in [5.74, 6) is 0.738. The molecule has 1 aromatic carbocycles. The summed E-state index contributed by atoms with van der Waals surface area (Å²) in [5.41, 5.74) is 4.38. The summed E-state index contributed by atoms with van der Waals surface area (Å²) in [6.45, 7) is 7.16. The van der Waals surface area contributed by atoms with Gasteiger partial charge in [0.05, 0.1) is 12.4 Å². The van der Waals surface area contributed by atoms with Crippen LogP contribution >= 0.6 is 0 Å². The minimum atomic E-state index is 0.230. The lowest BCUT2D eigenvalue weighted by molar-refractivity contribution is 0.366. The van der Waals surface area contributed by atoms with Crippen molar-refractivity contribution in [2.45, 2.75) is 58.5 Å². The van der Waals surface area contributed by atoms with Gasteiger partial charge in [0.2, 0.25) is 5.96 Å². The Labute approximate surface area is 133 Å². The van der Waals surface area contributed by atoms with E-state index < -0.39 is 0 Å². The summed E-state index contributed by atoms with van der Waals surface area (Å²) < 4.78 is 0. The van der Waals surface area contributed by atoms with E-state index in [-0.39, 0.29) is 6.04 Å². The molecule has 4 heteroatoms. The zero-order valence-corrected chi connectivity index (χ0v) is 13.8. The monoisotopic (exact) mass is 298 g/mol. The number of fused-ring (bicyclic) bond motifs is 1. The van der Waals surface area contributed by atoms with E-state index in [1.807, 2.05) is 6.34 Å². The fourth-order valence-electron chi connectivity index (χ4n) is 3.03. The Bertz CT molecular complexity index is 589. The van der Waals surface area contributed by atoms with Gasteiger partial charge in [0.25, 0.3) is 0 Å². The highest BCUT2D eigenvalue weighted by atomic mass is 15.3. The van der Waals surface area contributed by atoms with Crippen LogP contribution in [0.3, 0.4) is 0 Å². The highest BCUT2D eigenvalue weighted by molar-refractivity contribution is 5.89. The summed E-state index contributed by atoms with van der Waals surface area (Å²) in [6, 6.07) is 7.57. The Hall–Kier alpha value is -1.84. The summed E-state index contributed by atoms with van der Waals surface area (Å²) in [5, 5.41) is 3.43. The van der Waals surface area contributed by atoms with E-state index in [0.717, 1.165) is 5.96 Å². The third kappa shape index (κ3) is 3.32. The molecule has 1 aromatic rings. The Morgan fingerprint density at radius 3 is 2.55 bits per heavy atom. The maximum absolute atomic E-state index is 4.52. The number of aliphatic imine (C=N–C) groups is 2. The number of hydrogen-bond donors (Lipinski definition) is 1. The Kier molecular flexibility index (Phi) is 4.46. The summed E-state index contributed by atoms with van der Waals surface area (Å²) >= 11 is 0. The maximum atomic E-state index is 4.52. The average Bonchev–Trinajstić information content (AvgIpc) is 2.55. The van der Waals surface area contributed by atoms with Crippen LogP contribution in [0, 0.1) is 0 Å². The standard InChI is InChI=1S/C18H26N4/c1-13(2)22-11-19-18(20-12-22)21-14(3)16-9-8-15-6-4-5-7-17(15)10-16/h8-11,13-14H,4-7,12H2,1-3H3,(H,20,21)/t14-/m0/s1. The van der Waals surface area contributed by atoms with Crippen molar-refractivity contribution in [1.29, 1.82) is 0 Å². The molecule has 1 atom stereocenters. The minimum Gasteiger partial charge on any atom is -0.348 e. The molecule has 0 amide bonds. The third-order valence-electron chi connectivity index (χ3n) is 4.59. The molecule has 1 aliphatic heterocycles. The van der Waals surface area contributed by atoms with Crippen LogP contribution in [-0.4, -0.2) is 29.9 Å². The highest BCUT2D eigenvalue weighted by Gasteiger charge is 2.15. The molecule has 118 valence electrons. The highest BCUT2D eigenvalue weighted by Crippen LogP contribution is 2.24. The lowest BCUT2D eigenvalue weighted by atomic mass is 9.89. The van der Waals surface area contributed by atoms with E-state index in [0.29, 0.717) is 12.7 Å². The maximum Gasteiger partial charge on any atom is 0.221 e. The molecule has 4 nitrogen and oxygen atoms in total. The van der Waals surface area contributed by atoms with E-state index in [1.165, 1.54) is 42.4 Å². The van der Waals surface area contributed by atoms with Crippen LogP contribution < -0.4 is 5.32 Å². The Morgan fingerprint density at radius 2 is 1.86 bits per heavy atom. The van der Waals surface area contributed by atoms with Crippen molar-refractivity contribution in [3.8, 4) is 0 Å². The fourth-order valence-corrected chi connectivity index (χ4v) is 3.03. The van der Waals surface area contributed by atoms with Gasteiger partial charge in [-0.25, -0.2) is 9.98 Å². The number of hydrogen-bond acceptors (Lipinski definition) is 4. The van der Waals surface area contributed by atoms with Crippen LogP contribution in [0.2, 0.25) is 0 Å². The van der Waals surface area contributed by atoms with E-state index in [2.05, 4.69) is 59.2 Å². The van der Waals surface area contributed by atoms with Crippen LogP contribution in [0.15, 0.2) is 28.2 Å².